The quantitative estimate of drug-likeness (QED) is 0.762. The van der Waals surface area contributed by atoms with E-state index < -0.39 is 6.10 Å². The molecule has 3 heteroatoms. The predicted molar refractivity (Wildman–Crippen MR) is 110 cm³/mol. The van der Waals surface area contributed by atoms with Crippen molar-refractivity contribution in [1.29, 1.82) is 0 Å². The molecule has 3 nitrogen and oxygen atoms in total. The van der Waals surface area contributed by atoms with Gasteiger partial charge in [0.25, 0.3) is 5.91 Å². The summed E-state index contributed by atoms with van der Waals surface area (Å²) in [7, 11) is 0. The van der Waals surface area contributed by atoms with Crippen molar-refractivity contribution in [3.63, 3.8) is 0 Å². The fourth-order valence-corrected chi connectivity index (χ4v) is 3.72. The van der Waals surface area contributed by atoms with Gasteiger partial charge in [-0.1, -0.05) is 37.3 Å². The van der Waals surface area contributed by atoms with Gasteiger partial charge in [-0.2, -0.15) is 0 Å². The van der Waals surface area contributed by atoms with Gasteiger partial charge in [-0.15, -0.1) is 0 Å². The lowest BCUT2D eigenvalue weighted by Gasteiger charge is -2.23. The summed E-state index contributed by atoms with van der Waals surface area (Å²) >= 11 is 0. The molecule has 0 radical (unpaired) electrons. The van der Waals surface area contributed by atoms with Gasteiger partial charge in [0.05, 0.1) is 6.04 Å². The lowest BCUT2D eigenvalue weighted by atomic mass is 9.89. The molecular formula is C24H31NO2. The van der Waals surface area contributed by atoms with Crippen LogP contribution in [-0.4, -0.2) is 12.0 Å². The van der Waals surface area contributed by atoms with Gasteiger partial charge in [0.1, 0.15) is 5.75 Å². The van der Waals surface area contributed by atoms with Crippen LogP contribution in [0.15, 0.2) is 36.4 Å². The molecule has 1 N–H and O–H groups in total. The summed E-state index contributed by atoms with van der Waals surface area (Å²) in [6.45, 7) is 8.08. The highest BCUT2D eigenvalue weighted by Gasteiger charge is 2.22. The number of fused-ring (bicyclic) bond motifs is 1. The van der Waals surface area contributed by atoms with E-state index in [1.165, 1.54) is 36.0 Å². The molecule has 0 unspecified atom stereocenters. The maximum atomic E-state index is 12.8. The van der Waals surface area contributed by atoms with Crippen LogP contribution in [0.2, 0.25) is 0 Å². The Kier molecular flexibility index (Phi) is 6.20. The number of amides is 1. The minimum Gasteiger partial charge on any atom is -0.480 e. The van der Waals surface area contributed by atoms with Gasteiger partial charge in [-0.25, -0.2) is 0 Å². The van der Waals surface area contributed by atoms with Crippen molar-refractivity contribution in [2.45, 2.75) is 71.9 Å². The third kappa shape index (κ3) is 4.71. The lowest BCUT2D eigenvalue weighted by molar-refractivity contribution is -0.128. The Balaban J connectivity index is 1.68. The number of ether oxygens (including phenoxy) is 1. The summed E-state index contributed by atoms with van der Waals surface area (Å²) in [4.78, 5) is 12.8. The predicted octanol–water partition coefficient (Wildman–Crippen LogP) is 5.22. The number of nitrogens with one attached hydrogen (secondary N) is 1. The molecule has 0 bridgehead atoms. The molecule has 0 aromatic heterocycles. The first-order chi connectivity index (χ1) is 13.0. The van der Waals surface area contributed by atoms with Crippen LogP contribution in [0, 0.1) is 13.8 Å². The highest BCUT2D eigenvalue weighted by molar-refractivity contribution is 5.81. The average molecular weight is 366 g/mol. The number of rotatable bonds is 6. The number of aryl methyl sites for hydroxylation is 4. The van der Waals surface area contributed by atoms with Crippen molar-refractivity contribution >= 4 is 5.91 Å². The highest BCUT2D eigenvalue weighted by atomic mass is 16.5. The Morgan fingerprint density at radius 2 is 1.81 bits per heavy atom. The van der Waals surface area contributed by atoms with E-state index in [1.54, 1.807) is 0 Å². The van der Waals surface area contributed by atoms with Gasteiger partial charge < -0.3 is 10.1 Å². The molecule has 1 aliphatic rings. The Bertz CT molecular complexity index is 812. The minimum absolute atomic E-state index is 0.0269. The zero-order chi connectivity index (χ0) is 19.4. The van der Waals surface area contributed by atoms with Crippen LogP contribution in [0.3, 0.4) is 0 Å². The first kappa shape index (κ1) is 19.5. The van der Waals surface area contributed by atoms with E-state index in [2.05, 4.69) is 29.6 Å². The molecule has 2 atom stereocenters. The molecule has 2 aromatic rings. The molecule has 0 fully saturated rings. The maximum Gasteiger partial charge on any atom is 0.261 e. The van der Waals surface area contributed by atoms with Crippen molar-refractivity contribution in [2.75, 3.05) is 0 Å². The molecule has 0 heterocycles. The van der Waals surface area contributed by atoms with Crippen molar-refractivity contribution in [2.24, 2.45) is 0 Å². The van der Waals surface area contributed by atoms with E-state index in [0.29, 0.717) is 6.42 Å². The number of carbonyl (C=O) groups is 1. The lowest BCUT2D eigenvalue weighted by Crippen LogP contribution is -2.39. The largest absolute Gasteiger partial charge is 0.480 e. The molecule has 1 amide bonds. The first-order valence-electron chi connectivity index (χ1n) is 10.1. The van der Waals surface area contributed by atoms with Crippen LogP contribution in [0.1, 0.15) is 67.0 Å². The topological polar surface area (TPSA) is 38.3 Å². The third-order valence-electron chi connectivity index (χ3n) is 5.51. The van der Waals surface area contributed by atoms with E-state index in [-0.39, 0.29) is 11.9 Å². The number of hydrogen-bond acceptors (Lipinski definition) is 2. The van der Waals surface area contributed by atoms with Gasteiger partial charge in [-0.05, 0) is 86.8 Å². The molecule has 27 heavy (non-hydrogen) atoms. The molecule has 0 saturated heterocycles. The van der Waals surface area contributed by atoms with Crippen molar-refractivity contribution < 1.29 is 9.53 Å². The van der Waals surface area contributed by atoms with E-state index in [1.807, 2.05) is 39.8 Å². The van der Waals surface area contributed by atoms with Gasteiger partial charge in [0.15, 0.2) is 6.10 Å². The van der Waals surface area contributed by atoms with Crippen LogP contribution in [0.4, 0.5) is 0 Å². The zero-order valence-electron chi connectivity index (χ0n) is 17.0. The molecule has 144 valence electrons. The van der Waals surface area contributed by atoms with Crippen LogP contribution >= 0.6 is 0 Å². The fourth-order valence-electron chi connectivity index (χ4n) is 3.72. The summed E-state index contributed by atoms with van der Waals surface area (Å²) < 4.78 is 6.05. The normalized spacial score (nSPS) is 15.6. The van der Waals surface area contributed by atoms with Crippen molar-refractivity contribution in [1.82, 2.24) is 5.32 Å². The van der Waals surface area contributed by atoms with Gasteiger partial charge >= 0.3 is 0 Å². The van der Waals surface area contributed by atoms with E-state index >= 15 is 0 Å². The molecule has 0 spiro atoms. The third-order valence-corrected chi connectivity index (χ3v) is 5.51. The van der Waals surface area contributed by atoms with Gasteiger partial charge in [-0.3, -0.25) is 4.79 Å². The standard InChI is InChI=1S/C24H31NO2/c1-5-22(27-23-14-16(2)10-11-17(23)3)24(26)25-18(4)20-13-12-19-8-6-7-9-21(19)15-20/h10-15,18,22H,5-9H2,1-4H3,(H,25,26)/t18-,22+/m1/s1. The molecule has 0 aliphatic heterocycles. The second-order valence-corrected chi connectivity index (χ2v) is 7.75. The number of benzene rings is 2. The van der Waals surface area contributed by atoms with E-state index in [9.17, 15) is 4.79 Å². The first-order valence-corrected chi connectivity index (χ1v) is 10.1. The molecule has 2 aromatic carbocycles. The Morgan fingerprint density at radius 1 is 1.07 bits per heavy atom. The molecule has 1 aliphatic carbocycles. The van der Waals surface area contributed by atoms with E-state index in [0.717, 1.165) is 23.3 Å². The Hall–Kier alpha value is -2.29. The smallest absolute Gasteiger partial charge is 0.261 e. The average Bonchev–Trinajstić information content (AvgIpc) is 2.68. The number of hydrogen-bond donors (Lipinski definition) is 1. The summed E-state index contributed by atoms with van der Waals surface area (Å²) in [6.07, 6.45) is 5.03. The van der Waals surface area contributed by atoms with Crippen LogP contribution in [-0.2, 0) is 17.6 Å². The Morgan fingerprint density at radius 3 is 2.56 bits per heavy atom. The molecular weight excluding hydrogens is 334 g/mol. The van der Waals surface area contributed by atoms with Crippen molar-refractivity contribution in [3.8, 4) is 5.75 Å². The maximum absolute atomic E-state index is 12.8. The molecule has 0 saturated carbocycles. The summed E-state index contributed by atoms with van der Waals surface area (Å²) in [6, 6.07) is 12.7. The second kappa shape index (κ2) is 8.60. The summed E-state index contributed by atoms with van der Waals surface area (Å²) in [5.74, 6) is 0.738. The second-order valence-electron chi connectivity index (χ2n) is 7.75. The monoisotopic (exact) mass is 365 g/mol. The fraction of sp³-hybridized carbons (Fsp3) is 0.458. The Labute approximate surface area is 163 Å². The van der Waals surface area contributed by atoms with Gasteiger partial charge in [0.2, 0.25) is 0 Å². The summed E-state index contributed by atoms with van der Waals surface area (Å²) in [5.41, 5.74) is 6.26. The minimum atomic E-state index is -0.481. The van der Waals surface area contributed by atoms with E-state index in [4.69, 9.17) is 4.74 Å². The van der Waals surface area contributed by atoms with Crippen molar-refractivity contribution in [3.05, 3.63) is 64.2 Å². The van der Waals surface area contributed by atoms with Crippen LogP contribution in [0.25, 0.3) is 0 Å². The highest BCUT2D eigenvalue weighted by Crippen LogP contribution is 2.25. The van der Waals surface area contributed by atoms with Crippen LogP contribution < -0.4 is 10.1 Å². The SMILES string of the molecule is CC[C@H](Oc1cc(C)ccc1C)C(=O)N[C@H](C)c1ccc2c(c1)CCCC2. The molecule has 3 rings (SSSR count). The zero-order valence-corrected chi connectivity index (χ0v) is 17.0. The van der Waals surface area contributed by atoms with Crippen LogP contribution in [0.5, 0.6) is 5.75 Å². The summed E-state index contributed by atoms with van der Waals surface area (Å²) in [5, 5.41) is 3.14. The number of carbonyl (C=O) groups excluding carboxylic acids is 1. The van der Waals surface area contributed by atoms with Gasteiger partial charge in [0, 0.05) is 0 Å².